The molecule has 1 aromatic heterocycles. The standard InChI is InChI=1S/C16H22N2O5S3/c1-4-23-11-5-10-17-14-15(18-16(24-14)25(3,19)20)26(21,22)13-8-6-12(2)7-9-13/h6-9,17H,4-5,10-11H2,1-3H3. The maximum Gasteiger partial charge on any atom is 0.226 e. The predicted octanol–water partition coefficient (Wildman–Crippen LogP) is 2.53. The van der Waals surface area contributed by atoms with Crippen molar-refractivity contribution < 1.29 is 21.6 Å². The number of sulfone groups is 2. The van der Waals surface area contributed by atoms with E-state index in [1.807, 2.05) is 13.8 Å². The van der Waals surface area contributed by atoms with Crippen LogP contribution in [0.2, 0.25) is 0 Å². The third-order valence-electron chi connectivity index (χ3n) is 3.43. The Morgan fingerprint density at radius 1 is 1.15 bits per heavy atom. The molecule has 26 heavy (non-hydrogen) atoms. The molecule has 2 rings (SSSR count). The number of nitrogens with zero attached hydrogens (tertiary/aromatic N) is 1. The fourth-order valence-electron chi connectivity index (χ4n) is 2.09. The van der Waals surface area contributed by atoms with E-state index in [9.17, 15) is 16.8 Å². The van der Waals surface area contributed by atoms with Gasteiger partial charge in [0.1, 0.15) is 5.00 Å². The number of ether oxygens (including phenoxy) is 1. The van der Waals surface area contributed by atoms with Crippen LogP contribution in [0.4, 0.5) is 5.00 Å². The minimum absolute atomic E-state index is 0.0748. The Labute approximate surface area is 158 Å². The lowest BCUT2D eigenvalue weighted by Crippen LogP contribution is -2.09. The smallest absolute Gasteiger partial charge is 0.226 e. The molecule has 1 heterocycles. The monoisotopic (exact) mass is 418 g/mol. The Morgan fingerprint density at radius 3 is 2.38 bits per heavy atom. The molecular formula is C16H22N2O5S3. The quantitative estimate of drug-likeness (QED) is 0.624. The number of benzene rings is 1. The van der Waals surface area contributed by atoms with Gasteiger partial charge >= 0.3 is 0 Å². The van der Waals surface area contributed by atoms with Gasteiger partial charge < -0.3 is 10.1 Å². The third-order valence-corrected chi connectivity index (χ3v) is 7.95. The molecule has 0 atom stereocenters. The molecule has 0 saturated heterocycles. The average molecular weight is 419 g/mol. The van der Waals surface area contributed by atoms with Gasteiger partial charge in [-0.1, -0.05) is 29.0 Å². The van der Waals surface area contributed by atoms with E-state index in [0.717, 1.165) is 23.2 Å². The van der Waals surface area contributed by atoms with Crippen LogP contribution in [0, 0.1) is 6.92 Å². The molecule has 1 N–H and O–H groups in total. The molecule has 0 aliphatic rings. The lowest BCUT2D eigenvalue weighted by Gasteiger charge is -2.07. The molecule has 0 saturated carbocycles. The fourth-order valence-corrected chi connectivity index (χ4v) is 5.64. The molecule has 0 spiro atoms. The second-order valence-corrected chi connectivity index (χ2v) is 10.7. The van der Waals surface area contributed by atoms with E-state index < -0.39 is 19.7 Å². The van der Waals surface area contributed by atoms with Crippen molar-refractivity contribution in [3.63, 3.8) is 0 Å². The maximum atomic E-state index is 12.9. The van der Waals surface area contributed by atoms with Gasteiger partial charge in [0.2, 0.25) is 24.0 Å². The van der Waals surface area contributed by atoms with E-state index in [1.165, 1.54) is 12.1 Å². The summed E-state index contributed by atoms with van der Waals surface area (Å²) >= 11 is 0.825. The Balaban J connectivity index is 2.38. The van der Waals surface area contributed by atoms with Crippen LogP contribution in [0.1, 0.15) is 18.9 Å². The van der Waals surface area contributed by atoms with Gasteiger partial charge in [-0.15, -0.1) is 0 Å². The average Bonchev–Trinajstić information content (AvgIpc) is 3.00. The summed E-state index contributed by atoms with van der Waals surface area (Å²) < 4.78 is 54.5. The van der Waals surface area contributed by atoms with Crippen molar-refractivity contribution in [1.82, 2.24) is 4.98 Å². The number of thiazole rings is 1. The minimum Gasteiger partial charge on any atom is -0.382 e. The van der Waals surface area contributed by atoms with Gasteiger partial charge in [0.15, 0.2) is 5.03 Å². The topological polar surface area (TPSA) is 102 Å². The van der Waals surface area contributed by atoms with Crippen LogP contribution in [-0.4, -0.2) is 47.8 Å². The second kappa shape index (κ2) is 8.47. The molecular weight excluding hydrogens is 396 g/mol. The molecule has 2 aromatic rings. The van der Waals surface area contributed by atoms with Crippen molar-refractivity contribution in [2.45, 2.75) is 34.5 Å². The van der Waals surface area contributed by atoms with Crippen molar-refractivity contribution in [1.29, 1.82) is 0 Å². The molecule has 144 valence electrons. The maximum absolute atomic E-state index is 12.9. The SMILES string of the molecule is CCOCCCNc1sc(S(C)(=O)=O)nc1S(=O)(=O)c1ccc(C)cc1. The zero-order valence-corrected chi connectivity index (χ0v) is 17.3. The van der Waals surface area contributed by atoms with Crippen LogP contribution in [0.3, 0.4) is 0 Å². The first-order valence-electron chi connectivity index (χ1n) is 8.00. The summed E-state index contributed by atoms with van der Waals surface area (Å²) in [4.78, 5) is 3.99. The lowest BCUT2D eigenvalue weighted by atomic mass is 10.2. The number of rotatable bonds is 9. The number of nitrogens with one attached hydrogen (secondary N) is 1. The molecule has 0 fully saturated rings. The predicted molar refractivity (Wildman–Crippen MR) is 101 cm³/mol. The van der Waals surface area contributed by atoms with E-state index in [1.54, 1.807) is 12.1 Å². The highest BCUT2D eigenvalue weighted by Gasteiger charge is 2.28. The first-order valence-corrected chi connectivity index (χ1v) is 12.2. The summed E-state index contributed by atoms with van der Waals surface area (Å²) in [5, 5.41) is 2.95. The van der Waals surface area contributed by atoms with Gasteiger partial charge in [-0.05, 0) is 32.4 Å². The van der Waals surface area contributed by atoms with Gasteiger partial charge in [-0.3, -0.25) is 0 Å². The molecule has 0 radical (unpaired) electrons. The van der Waals surface area contributed by atoms with E-state index >= 15 is 0 Å². The first-order chi connectivity index (χ1) is 12.2. The fraction of sp³-hybridized carbons (Fsp3) is 0.438. The van der Waals surface area contributed by atoms with Crippen molar-refractivity contribution in [3.05, 3.63) is 29.8 Å². The Kier molecular flexibility index (Phi) is 6.78. The minimum atomic E-state index is -3.93. The molecule has 0 unspecified atom stereocenters. The van der Waals surface area contributed by atoms with Gasteiger partial charge in [0, 0.05) is 26.0 Å². The van der Waals surface area contributed by atoms with Crippen LogP contribution in [0.25, 0.3) is 0 Å². The molecule has 0 bridgehead atoms. The van der Waals surface area contributed by atoms with Crippen LogP contribution in [-0.2, 0) is 24.4 Å². The van der Waals surface area contributed by atoms with Gasteiger partial charge in [-0.2, -0.15) is 0 Å². The molecule has 10 heteroatoms. The van der Waals surface area contributed by atoms with Crippen molar-refractivity contribution >= 4 is 36.0 Å². The van der Waals surface area contributed by atoms with Crippen LogP contribution < -0.4 is 5.32 Å². The molecule has 0 aliphatic heterocycles. The van der Waals surface area contributed by atoms with Crippen LogP contribution in [0.5, 0.6) is 0 Å². The van der Waals surface area contributed by atoms with Gasteiger partial charge in [0.25, 0.3) is 0 Å². The van der Waals surface area contributed by atoms with Gasteiger partial charge in [-0.25, -0.2) is 21.8 Å². The zero-order valence-electron chi connectivity index (χ0n) is 14.9. The number of aromatic nitrogens is 1. The molecule has 0 aliphatic carbocycles. The lowest BCUT2D eigenvalue weighted by molar-refractivity contribution is 0.147. The highest BCUT2D eigenvalue weighted by Crippen LogP contribution is 2.34. The Bertz CT molecular complexity index is 948. The summed E-state index contributed by atoms with van der Waals surface area (Å²) in [7, 11) is -7.55. The first kappa shape index (κ1) is 20.8. The van der Waals surface area contributed by atoms with E-state index in [0.29, 0.717) is 26.2 Å². The van der Waals surface area contributed by atoms with E-state index in [-0.39, 0.29) is 19.3 Å². The second-order valence-electron chi connectivity index (χ2n) is 5.68. The molecule has 0 amide bonds. The number of aryl methyl sites for hydroxylation is 1. The van der Waals surface area contributed by atoms with Crippen LogP contribution >= 0.6 is 11.3 Å². The van der Waals surface area contributed by atoms with Crippen molar-refractivity contribution in [2.75, 3.05) is 31.3 Å². The highest BCUT2D eigenvalue weighted by molar-refractivity contribution is 7.93. The summed E-state index contributed by atoms with van der Waals surface area (Å²) in [6.07, 6.45) is 1.66. The van der Waals surface area contributed by atoms with Crippen molar-refractivity contribution in [2.24, 2.45) is 0 Å². The summed E-state index contributed by atoms with van der Waals surface area (Å²) in [5.74, 6) is 0. The Hall–Kier alpha value is -1.49. The molecule has 1 aromatic carbocycles. The largest absolute Gasteiger partial charge is 0.382 e. The van der Waals surface area contributed by atoms with E-state index in [2.05, 4.69) is 10.3 Å². The number of anilines is 1. The summed E-state index contributed by atoms with van der Waals surface area (Å²) in [5.41, 5.74) is 0.924. The van der Waals surface area contributed by atoms with Crippen molar-refractivity contribution in [3.8, 4) is 0 Å². The third kappa shape index (κ3) is 5.03. The summed E-state index contributed by atoms with van der Waals surface area (Å²) in [6, 6.07) is 6.35. The molecule has 7 nitrogen and oxygen atoms in total. The Morgan fingerprint density at radius 2 is 1.81 bits per heavy atom. The van der Waals surface area contributed by atoms with Crippen LogP contribution in [0.15, 0.2) is 38.5 Å². The van der Waals surface area contributed by atoms with Gasteiger partial charge in [0.05, 0.1) is 4.90 Å². The zero-order chi connectivity index (χ0) is 19.4. The number of hydrogen-bond acceptors (Lipinski definition) is 8. The normalized spacial score (nSPS) is 12.3. The van der Waals surface area contributed by atoms with E-state index in [4.69, 9.17) is 4.74 Å². The number of hydrogen-bond donors (Lipinski definition) is 1. The summed E-state index contributed by atoms with van der Waals surface area (Å²) in [6.45, 7) is 5.32. The highest BCUT2D eigenvalue weighted by atomic mass is 32.2.